The van der Waals surface area contributed by atoms with Crippen LogP contribution in [-0.4, -0.2) is 9.78 Å². The minimum absolute atomic E-state index is 0.0938. The molecule has 25 heavy (non-hydrogen) atoms. The van der Waals surface area contributed by atoms with Crippen LogP contribution in [-0.2, 0) is 13.2 Å². The van der Waals surface area contributed by atoms with Crippen molar-refractivity contribution in [1.82, 2.24) is 9.78 Å². The van der Waals surface area contributed by atoms with Gasteiger partial charge in [-0.25, -0.2) is 9.07 Å². The van der Waals surface area contributed by atoms with Gasteiger partial charge in [-0.2, -0.15) is 5.26 Å². The van der Waals surface area contributed by atoms with Crippen LogP contribution < -0.4 is 10.5 Å². The minimum Gasteiger partial charge on any atom is -0.471 e. The van der Waals surface area contributed by atoms with Crippen LogP contribution in [0.4, 0.5) is 10.2 Å². The molecule has 0 aliphatic rings. The van der Waals surface area contributed by atoms with Crippen molar-refractivity contribution in [3.63, 3.8) is 0 Å². The maximum absolute atomic E-state index is 13.8. The first-order chi connectivity index (χ1) is 12.1. The van der Waals surface area contributed by atoms with Crippen LogP contribution in [0, 0.1) is 17.1 Å². The van der Waals surface area contributed by atoms with Crippen molar-refractivity contribution in [2.45, 2.75) is 13.2 Å². The van der Waals surface area contributed by atoms with Crippen molar-refractivity contribution in [3.05, 3.63) is 76.1 Å². The van der Waals surface area contributed by atoms with E-state index in [2.05, 4.69) is 5.10 Å². The Hall–Kier alpha value is -3.04. The monoisotopic (exact) mass is 356 g/mol. The molecule has 0 bridgehead atoms. The summed E-state index contributed by atoms with van der Waals surface area (Å²) in [4.78, 5) is 0. The van der Waals surface area contributed by atoms with Gasteiger partial charge in [0.15, 0.2) is 5.56 Å². The van der Waals surface area contributed by atoms with E-state index < -0.39 is 0 Å². The predicted molar refractivity (Wildman–Crippen MR) is 92.6 cm³/mol. The topological polar surface area (TPSA) is 76.9 Å². The zero-order chi connectivity index (χ0) is 17.8. The van der Waals surface area contributed by atoms with Crippen LogP contribution in [0.5, 0.6) is 5.88 Å². The molecule has 0 saturated carbocycles. The van der Waals surface area contributed by atoms with Gasteiger partial charge in [0.1, 0.15) is 24.3 Å². The number of hydrogen-bond acceptors (Lipinski definition) is 4. The quantitative estimate of drug-likeness (QED) is 0.755. The van der Waals surface area contributed by atoms with E-state index in [0.717, 1.165) is 5.56 Å². The van der Waals surface area contributed by atoms with E-state index in [1.165, 1.54) is 10.7 Å². The Morgan fingerprint density at radius 3 is 2.52 bits per heavy atom. The average Bonchev–Trinajstić information content (AvgIpc) is 2.91. The van der Waals surface area contributed by atoms with Crippen molar-refractivity contribution in [2.75, 3.05) is 5.73 Å². The SMILES string of the molecule is N#Cc1c(OCc2ccccc2Cl)nn(Cc2ccccc2F)c1N. The fourth-order valence-corrected chi connectivity index (χ4v) is 2.52. The maximum Gasteiger partial charge on any atom is 0.253 e. The Morgan fingerprint density at radius 2 is 1.84 bits per heavy atom. The molecule has 2 aromatic carbocycles. The summed E-state index contributed by atoms with van der Waals surface area (Å²) in [7, 11) is 0. The highest BCUT2D eigenvalue weighted by Gasteiger charge is 2.18. The first-order valence-corrected chi connectivity index (χ1v) is 7.84. The molecule has 5 nitrogen and oxygen atoms in total. The largest absolute Gasteiger partial charge is 0.471 e. The summed E-state index contributed by atoms with van der Waals surface area (Å²) in [6, 6.07) is 15.5. The van der Waals surface area contributed by atoms with Crippen molar-refractivity contribution < 1.29 is 9.13 Å². The van der Waals surface area contributed by atoms with Gasteiger partial charge in [0.05, 0.1) is 6.54 Å². The van der Waals surface area contributed by atoms with Crippen LogP contribution in [0.25, 0.3) is 0 Å². The number of ether oxygens (including phenoxy) is 1. The van der Waals surface area contributed by atoms with Gasteiger partial charge in [0.2, 0.25) is 0 Å². The normalized spacial score (nSPS) is 10.4. The van der Waals surface area contributed by atoms with Gasteiger partial charge < -0.3 is 10.5 Å². The Morgan fingerprint density at radius 1 is 1.16 bits per heavy atom. The van der Waals surface area contributed by atoms with Gasteiger partial charge in [-0.1, -0.05) is 48.0 Å². The van der Waals surface area contributed by atoms with Crippen LogP contribution in [0.15, 0.2) is 48.5 Å². The summed E-state index contributed by atoms with van der Waals surface area (Å²) < 4.78 is 20.8. The van der Waals surface area contributed by atoms with Gasteiger partial charge in [-0.05, 0) is 12.1 Å². The first-order valence-electron chi connectivity index (χ1n) is 7.46. The smallest absolute Gasteiger partial charge is 0.253 e. The molecule has 3 rings (SSSR count). The molecule has 1 heterocycles. The van der Waals surface area contributed by atoms with E-state index in [1.54, 1.807) is 24.3 Å². The van der Waals surface area contributed by atoms with E-state index >= 15 is 0 Å². The Kier molecular flexibility index (Phi) is 4.87. The summed E-state index contributed by atoms with van der Waals surface area (Å²) in [5.74, 6) is -0.148. The van der Waals surface area contributed by atoms with Crippen LogP contribution in [0.2, 0.25) is 5.02 Å². The Bertz CT molecular complexity index is 948. The molecule has 0 fully saturated rings. The molecule has 7 heteroatoms. The maximum atomic E-state index is 13.8. The Balaban J connectivity index is 1.85. The fraction of sp³-hybridized carbons (Fsp3) is 0.111. The zero-order valence-electron chi connectivity index (χ0n) is 13.1. The van der Waals surface area contributed by atoms with Gasteiger partial charge in [0.25, 0.3) is 5.88 Å². The van der Waals surface area contributed by atoms with Crippen molar-refractivity contribution >= 4 is 17.4 Å². The van der Waals surface area contributed by atoms with Crippen molar-refractivity contribution in [1.29, 1.82) is 5.26 Å². The average molecular weight is 357 g/mol. The second-order valence-electron chi connectivity index (χ2n) is 5.31. The van der Waals surface area contributed by atoms with E-state index in [9.17, 15) is 9.65 Å². The van der Waals surface area contributed by atoms with Gasteiger partial charge in [0, 0.05) is 16.1 Å². The molecule has 0 aliphatic carbocycles. The van der Waals surface area contributed by atoms with Crippen molar-refractivity contribution in [3.8, 4) is 11.9 Å². The molecule has 0 unspecified atom stereocenters. The molecule has 1 aromatic heterocycles. The second kappa shape index (κ2) is 7.24. The fourth-order valence-electron chi connectivity index (χ4n) is 2.33. The number of nitrogens with two attached hydrogens (primary N) is 1. The summed E-state index contributed by atoms with van der Waals surface area (Å²) in [6.45, 7) is 0.243. The summed E-state index contributed by atoms with van der Waals surface area (Å²) in [5, 5.41) is 14.1. The molecular weight excluding hydrogens is 343 g/mol. The molecular formula is C18H14ClFN4O. The van der Waals surface area contributed by atoms with E-state index in [1.807, 2.05) is 24.3 Å². The highest BCUT2D eigenvalue weighted by molar-refractivity contribution is 6.31. The van der Waals surface area contributed by atoms with Gasteiger partial charge >= 0.3 is 0 Å². The summed E-state index contributed by atoms with van der Waals surface area (Å²) >= 11 is 6.09. The zero-order valence-corrected chi connectivity index (χ0v) is 13.9. The molecule has 0 spiro atoms. The third-order valence-electron chi connectivity index (χ3n) is 3.67. The highest BCUT2D eigenvalue weighted by Crippen LogP contribution is 2.26. The number of nitrogen functional groups attached to an aromatic ring is 1. The molecule has 126 valence electrons. The molecule has 2 N–H and O–H groups in total. The number of benzene rings is 2. The third-order valence-corrected chi connectivity index (χ3v) is 4.04. The number of halogens is 2. The van der Waals surface area contributed by atoms with Gasteiger partial charge in [-0.15, -0.1) is 5.10 Å². The van der Waals surface area contributed by atoms with Crippen LogP contribution in [0.3, 0.4) is 0 Å². The number of anilines is 1. The predicted octanol–water partition coefficient (Wildman–Crippen LogP) is 3.76. The van der Waals surface area contributed by atoms with Crippen molar-refractivity contribution in [2.24, 2.45) is 0 Å². The van der Waals surface area contributed by atoms with Gasteiger partial charge in [-0.3, -0.25) is 0 Å². The summed E-state index contributed by atoms with van der Waals surface area (Å²) in [6.07, 6.45) is 0. The first kappa shape index (κ1) is 16.8. The number of nitriles is 1. The second-order valence-corrected chi connectivity index (χ2v) is 5.71. The number of hydrogen-bond donors (Lipinski definition) is 1. The lowest BCUT2D eigenvalue weighted by molar-refractivity contribution is 0.289. The lowest BCUT2D eigenvalue weighted by Crippen LogP contribution is -2.07. The highest BCUT2D eigenvalue weighted by atomic mass is 35.5. The Labute approximate surface area is 149 Å². The van der Waals surface area contributed by atoms with E-state index in [4.69, 9.17) is 22.1 Å². The molecule has 3 aromatic rings. The number of aromatic nitrogens is 2. The number of nitrogens with zero attached hydrogens (tertiary/aromatic N) is 3. The van der Waals surface area contributed by atoms with Crippen LogP contribution in [0.1, 0.15) is 16.7 Å². The molecule has 0 amide bonds. The minimum atomic E-state index is -0.366. The summed E-state index contributed by atoms with van der Waals surface area (Å²) in [5.41, 5.74) is 7.25. The van der Waals surface area contributed by atoms with Crippen LogP contribution >= 0.6 is 11.6 Å². The number of rotatable bonds is 5. The molecule has 0 aliphatic heterocycles. The standard InChI is InChI=1S/C18H14ClFN4O/c19-15-7-3-1-6-13(15)11-25-18-14(9-21)17(22)24(23-18)10-12-5-2-4-8-16(12)20/h1-8H,10-11,22H2. The third kappa shape index (κ3) is 3.57. The van der Waals surface area contributed by atoms with E-state index in [-0.39, 0.29) is 36.2 Å². The lowest BCUT2D eigenvalue weighted by atomic mass is 10.2. The van der Waals surface area contributed by atoms with E-state index in [0.29, 0.717) is 10.6 Å². The molecule has 0 radical (unpaired) electrons. The molecule has 0 saturated heterocycles. The lowest BCUT2D eigenvalue weighted by Gasteiger charge is -2.06. The molecule has 0 atom stereocenters.